The molecule has 2 amide bonds. The second-order valence-corrected chi connectivity index (χ2v) is 10.9. The zero-order chi connectivity index (χ0) is 26.0. The van der Waals surface area contributed by atoms with Crippen molar-refractivity contribution in [2.45, 2.75) is 52.5 Å². The summed E-state index contributed by atoms with van der Waals surface area (Å²) in [6.07, 6.45) is 3.80. The Kier molecular flexibility index (Phi) is 11.0. The normalized spacial score (nSPS) is 12.1. The molecule has 1 atom stereocenters. The minimum Gasteiger partial charge on any atom is -0.354 e. The molecule has 0 spiro atoms. The summed E-state index contributed by atoms with van der Waals surface area (Å²) in [5.41, 5.74) is 1.93. The van der Waals surface area contributed by atoms with Crippen LogP contribution in [0, 0.1) is 6.92 Å². The fourth-order valence-corrected chi connectivity index (χ4v) is 4.93. The van der Waals surface area contributed by atoms with E-state index in [-0.39, 0.29) is 12.5 Å². The van der Waals surface area contributed by atoms with E-state index in [1.165, 1.54) is 4.90 Å². The van der Waals surface area contributed by atoms with Crippen LogP contribution in [-0.2, 0) is 26.0 Å². The lowest BCUT2D eigenvalue weighted by Gasteiger charge is -2.33. The minimum absolute atomic E-state index is 0.229. The number of benzene rings is 2. The number of unbranched alkanes of at least 4 members (excludes halogenated alkanes) is 1. The third-order valence-corrected chi connectivity index (χ3v) is 7.42. The van der Waals surface area contributed by atoms with Crippen LogP contribution in [0.2, 0.25) is 5.02 Å². The Balaban J connectivity index is 2.37. The third kappa shape index (κ3) is 8.25. The number of anilines is 1. The zero-order valence-corrected chi connectivity index (χ0v) is 22.5. The van der Waals surface area contributed by atoms with Gasteiger partial charge >= 0.3 is 0 Å². The van der Waals surface area contributed by atoms with Crippen molar-refractivity contribution in [3.63, 3.8) is 0 Å². The molecule has 0 aliphatic rings. The van der Waals surface area contributed by atoms with E-state index in [1.54, 1.807) is 25.1 Å². The summed E-state index contributed by atoms with van der Waals surface area (Å²) >= 11 is 6.23. The van der Waals surface area contributed by atoms with E-state index >= 15 is 0 Å². The van der Waals surface area contributed by atoms with E-state index in [4.69, 9.17) is 11.6 Å². The number of nitrogens with zero attached hydrogens (tertiary/aromatic N) is 2. The average Bonchev–Trinajstić information content (AvgIpc) is 2.82. The Morgan fingerprint density at radius 1 is 1.06 bits per heavy atom. The smallest absolute Gasteiger partial charge is 0.244 e. The summed E-state index contributed by atoms with van der Waals surface area (Å²) in [5, 5.41) is 3.33. The fourth-order valence-electron chi connectivity index (χ4n) is 3.86. The molecule has 0 radical (unpaired) electrons. The maximum atomic E-state index is 13.6. The molecule has 0 saturated carbocycles. The highest BCUT2D eigenvalue weighted by molar-refractivity contribution is 7.92. The molecule has 192 valence electrons. The molecule has 9 heteroatoms. The van der Waals surface area contributed by atoms with Gasteiger partial charge in [-0.2, -0.15) is 0 Å². The Bertz CT molecular complexity index is 1090. The summed E-state index contributed by atoms with van der Waals surface area (Å²) in [5.74, 6) is -0.671. The molecule has 0 aromatic heterocycles. The van der Waals surface area contributed by atoms with Crippen molar-refractivity contribution in [3.05, 3.63) is 64.7 Å². The van der Waals surface area contributed by atoms with Gasteiger partial charge in [0.2, 0.25) is 21.8 Å². The third-order valence-electron chi connectivity index (χ3n) is 5.89. The Morgan fingerprint density at radius 3 is 2.34 bits per heavy atom. The lowest BCUT2D eigenvalue weighted by atomic mass is 10.1. The fraction of sp³-hybridized carbons (Fsp3) is 0.462. The van der Waals surface area contributed by atoms with E-state index < -0.39 is 28.5 Å². The molecule has 0 saturated heterocycles. The van der Waals surface area contributed by atoms with Crippen molar-refractivity contribution < 1.29 is 18.0 Å². The van der Waals surface area contributed by atoms with Crippen LogP contribution in [0.25, 0.3) is 0 Å². The second kappa shape index (κ2) is 13.5. The summed E-state index contributed by atoms with van der Waals surface area (Å²) in [4.78, 5) is 28.1. The van der Waals surface area contributed by atoms with Crippen molar-refractivity contribution >= 4 is 39.1 Å². The van der Waals surface area contributed by atoms with Gasteiger partial charge in [0.05, 0.1) is 11.9 Å². The Hall–Kier alpha value is -2.58. The largest absolute Gasteiger partial charge is 0.354 e. The summed E-state index contributed by atoms with van der Waals surface area (Å²) in [6.45, 7) is 5.99. The van der Waals surface area contributed by atoms with Crippen LogP contribution in [0.5, 0.6) is 0 Å². The van der Waals surface area contributed by atoms with Gasteiger partial charge in [0, 0.05) is 18.1 Å². The summed E-state index contributed by atoms with van der Waals surface area (Å²) < 4.78 is 26.5. The van der Waals surface area contributed by atoms with Gasteiger partial charge in [-0.05, 0) is 49.4 Å². The van der Waals surface area contributed by atoms with Crippen LogP contribution in [0.15, 0.2) is 48.5 Å². The standard InChI is InChI=1S/C26H36ClN3O4S/c1-5-7-17-28-26(32)23(6-2)29(18-16-21-12-9-8-10-13-21)25(31)19-30(35(4,33)34)24-15-11-14-22(27)20(24)3/h8-15,23H,5-7,16-19H2,1-4H3,(H,28,32)/t23-/m1/s1. The van der Waals surface area contributed by atoms with Gasteiger partial charge in [-0.15, -0.1) is 0 Å². The maximum Gasteiger partial charge on any atom is 0.244 e. The van der Waals surface area contributed by atoms with Crippen LogP contribution in [0.3, 0.4) is 0 Å². The lowest BCUT2D eigenvalue weighted by Crippen LogP contribution is -2.53. The summed E-state index contributed by atoms with van der Waals surface area (Å²) in [7, 11) is -3.80. The average molecular weight is 522 g/mol. The highest BCUT2D eigenvalue weighted by Gasteiger charge is 2.31. The predicted octanol–water partition coefficient (Wildman–Crippen LogP) is 4.18. The molecule has 0 aliphatic heterocycles. The number of rotatable bonds is 13. The number of carbonyl (C=O) groups excluding carboxylic acids is 2. The van der Waals surface area contributed by atoms with E-state index in [2.05, 4.69) is 5.32 Å². The monoisotopic (exact) mass is 521 g/mol. The van der Waals surface area contributed by atoms with E-state index in [0.717, 1.165) is 29.0 Å². The van der Waals surface area contributed by atoms with Gasteiger partial charge in [0.15, 0.2) is 0 Å². The molecule has 0 fully saturated rings. The number of carbonyl (C=O) groups is 2. The van der Waals surface area contributed by atoms with Crippen molar-refractivity contribution in [2.75, 3.05) is 30.2 Å². The van der Waals surface area contributed by atoms with Crippen molar-refractivity contribution in [1.29, 1.82) is 0 Å². The first-order chi connectivity index (χ1) is 16.6. The molecule has 2 aromatic carbocycles. The molecular formula is C26H36ClN3O4S. The Labute approximate surface area is 214 Å². The number of amides is 2. The van der Waals surface area contributed by atoms with Gasteiger partial charge in [0.25, 0.3) is 0 Å². The molecular weight excluding hydrogens is 486 g/mol. The van der Waals surface area contributed by atoms with E-state index in [0.29, 0.717) is 35.7 Å². The zero-order valence-electron chi connectivity index (χ0n) is 21.0. The van der Waals surface area contributed by atoms with Crippen LogP contribution in [0.4, 0.5) is 5.69 Å². The number of hydrogen-bond donors (Lipinski definition) is 1. The van der Waals surface area contributed by atoms with Crippen LogP contribution in [-0.4, -0.2) is 57.1 Å². The number of nitrogens with one attached hydrogen (secondary N) is 1. The van der Waals surface area contributed by atoms with Crippen LogP contribution >= 0.6 is 11.6 Å². The second-order valence-electron chi connectivity index (χ2n) is 8.54. The van der Waals surface area contributed by atoms with Gasteiger partial charge in [-0.25, -0.2) is 8.42 Å². The molecule has 0 unspecified atom stereocenters. The quantitative estimate of drug-likeness (QED) is 0.400. The topological polar surface area (TPSA) is 86.8 Å². The van der Waals surface area contributed by atoms with Gasteiger partial charge in [-0.3, -0.25) is 13.9 Å². The highest BCUT2D eigenvalue weighted by Crippen LogP contribution is 2.28. The highest BCUT2D eigenvalue weighted by atomic mass is 35.5. The molecule has 1 N–H and O–H groups in total. The Morgan fingerprint density at radius 2 is 1.74 bits per heavy atom. The lowest BCUT2D eigenvalue weighted by molar-refractivity contribution is -0.139. The first-order valence-electron chi connectivity index (χ1n) is 11.9. The van der Waals surface area contributed by atoms with E-state index in [9.17, 15) is 18.0 Å². The first kappa shape index (κ1) is 28.7. The summed E-state index contributed by atoms with van der Waals surface area (Å²) in [6, 6.07) is 13.9. The van der Waals surface area contributed by atoms with Crippen molar-refractivity contribution in [3.8, 4) is 0 Å². The number of hydrogen-bond acceptors (Lipinski definition) is 4. The molecule has 0 aliphatic carbocycles. The van der Waals surface area contributed by atoms with Crippen LogP contribution in [0.1, 0.15) is 44.2 Å². The van der Waals surface area contributed by atoms with Crippen molar-refractivity contribution in [2.24, 2.45) is 0 Å². The first-order valence-corrected chi connectivity index (χ1v) is 14.2. The minimum atomic E-state index is -3.80. The van der Waals surface area contributed by atoms with Crippen LogP contribution < -0.4 is 9.62 Å². The molecule has 2 rings (SSSR count). The van der Waals surface area contributed by atoms with E-state index in [1.807, 2.05) is 44.2 Å². The number of halogens is 1. The predicted molar refractivity (Wildman–Crippen MR) is 142 cm³/mol. The molecule has 0 bridgehead atoms. The van der Waals surface area contributed by atoms with Gasteiger partial charge < -0.3 is 10.2 Å². The molecule has 35 heavy (non-hydrogen) atoms. The SMILES string of the molecule is CCCCNC(=O)[C@@H](CC)N(CCc1ccccc1)C(=O)CN(c1cccc(Cl)c1C)S(C)(=O)=O. The molecule has 7 nitrogen and oxygen atoms in total. The maximum absolute atomic E-state index is 13.6. The number of sulfonamides is 1. The van der Waals surface area contributed by atoms with Crippen molar-refractivity contribution in [1.82, 2.24) is 10.2 Å². The van der Waals surface area contributed by atoms with Gasteiger partial charge in [-0.1, -0.05) is 68.3 Å². The van der Waals surface area contributed by atoms with Gasteiger partial charge in [0.1, 0.15) is 12.6 Å². The molecule has 0 heterocycles. The molecule has 2 aromatic rings.